The normalized spacial score (nSPS) is 18.4. The van der Waals surface area contributed by atoms with Gasteiger partial charge in [-0.25, -0.2) is 29.5 Å². The van der Waals surface area contributed by atoms with Crippen molar-refractivity contribution in [3.63, 3.8) is 0 Å². The van der Waals surface area contributed by atoms with Gasteiger partial charge in [-0.05, 0) is 157 Å². The molecule has 2 aliphatic heterocycles. The average Bonchev–Trinajstić information content (AvgIpc) is 2.09. The van der Waals surface area contributed by atoms with Crippen molar-refractivity contribution in [2.75, 3.05) is 10.2 Å². The number of carbonyl (C=O) groups excluding carboxylic acids is 2. The smallest absolute Gasteiger partial charge is 1.00 e. The minimum Gasteiger partial charge on any atom is -1.00 e. The Morgan fingerprint density at radius 3 is 1.53 bits per heavy atom. The van der Waals surface area contributed by atoms with Crippen LogP contribution < -0.4 is 39.8 Å². The number of amides is 2. The van der Waals surface area contributed by atoms with Gasteiger partial charge in [0.15, 0.2) is 0 Å². The van der Waals surface area contributed by atoms with E-state index in [-0.39, 0.29) is 110 Å². The van der Waals surface area contributed by atoms with Gasteiger partial charge in [0.05, 0.1) is 56.4 Å². The van der Waals surface area contributed by atoms with Crippen LogP contribution in [0.2, 0.25) is 10.0 Å². The Morgan fingerprint density at radius 1 is 0.663 bits per heavy atom. The van der Waals surface area contributed by atoms with Crippen LogP contribution in [0.4, 0.5) is 47.8 Å². The van der Waals surface area contributed by atoms with Crippen LogP contribution in [0.25, 0.3) is 0 Å². The second-order valence-electron chi connectivity index (χ2n) is 20.0. The maximum atomic E-state index is 13.6. The van der Waals surface area contributed by atoms with E-state index >= 15 is 0 Å². The SMILES string of the molecule is C.CC[C@@H]1C[C@H](N(Cc2cc(Cl)cc(C(F)(F)F)c2)c2ncc(Br)cn2)[C@H](Cc2ccccc2)N1C(=O)OC(C)C.CC[C@@H]1C[C@H](Nc2ncc(Br)cn2)[C@H](Cc2ccccc2)N1C(=O)OC(C)C.FC(F)(F)c1cc(Cl)cc(CBr)c1.[H-].[Na+]. The predicted molar refractivity (Wildman–Crippen MR) is 322 cm³/mol. The molecule has 8 rings (SSSR count). The van der Waals surface area contributed by atoms with Crippen molar-refractivity contribution in [2.24, 2.45) is 0 Å². The maximum absolute atomic E-state index is 13.6. The molecule has 0 saturated carbocycles. The first-order valence-electron chi connectivity index (χ1n) is 26.2. The molecule has 2 saturated heterocycles. The molecule has 4 aromatic carbocycles. The zero-order chi connectivity index (χ0) is 59.2. The number of benzene rings is 4. The van der Waals surface area contributed by atoms with Crippen molar-refractivity contribution >= 4 is 95.1 Å². The third kappa shape index (κ3) is 21.0. The molecule has 1 N–H and O–H groups in total. The molecule has 2 fully saturated rings. The van der Waals surface area contributed by atoms with Crippen molar-refractivity contribution in [1.29, 1.82) is 0 Å². The second kappa shape index (κ2) is 33.1. The Labute approximate surface area is 541 Å². The van der Waals surface area contributed by atoms with Gasteiger partial charge in [0.1, 0.15) is 0 Å². The molecule has 6 aromatic rings. The Morgan fingerprint density at radius 2 is 1.08 bits per heavy atom. The number of hydrogen-bond acceptors (Lipinski definition) is 10. The zero-order valence-electron chi connectivity index (χ0n) is 47.2. The molecule has 4 heterocycles. The number of nitrogens with zero attached hydrogens (tertiary/aromatic N) is 7. The van der Waals surface area contributed by atoms with Crippen molar-refractivity contribution in [3.05, 3.63) is 174 Å². The second-order valence-corrected chi connectivity index (χ2v) is 23.3. The van der Waals surface area contributed by atoms with E-state index in [0.717, 1.165) is 53.6 Å². The Bertz CT molecular complexity index is 2980. The fraction of sp³-hybridized carbons (Fsp3) is 0.424. The van der Waals surface area contributed by atoms with E-state index in [2.05, 4.69) is 92.1 Å². The van der Waals surface area contributed by atoms with Gasteiger partial charge in [-0.2, -0.15) is 26.3 Å². The Balaban J connectivity index is 0.000000365. The molecule has 0 bridgehead atoms. The summed E-state index contributed by atoms with van der Waals surface area (Å²) in [6.45, 7) is 11.5. The van der Waals surface area contributed by atoms with Crippen molar-refractivity contribution in [1.82, 2.24) is 29.7 Å². The number of hydrogen-bond donors (Lipinski definition) is 1. The molecule has 0 radical (unpaired) electrons. The van der Waals surface area contributed by atoms with E-state index in [1.54, 1.807) is 43.5 Å². The third-order valence-corrected chi connectivity index (χ3v) is 15.2. The summed E-state index contributed by atoms with van der Waals surface area (Å²) in [6, 6.07) is 26.4. The molecule has 2 aromatic heterocycles. The van der Waals surface area contributed by atoms with E-state index in [1.165, 1.54) is 17.7 Å². The van der Waals surface area contributed by atoms with Crippen LogP contribution in [0.15, 0.2) is 131 Å². The quantitative estimate of drug-likeness (QED) is 0.0603. The van der Waals surface area contributed by atoms with Gasteiger partial charge >= 0.3 is 54.1 Å². The van der Waals surface area contributed by atoms with Gasteiger partial charge in [-0.1, -0.05) is 121 Å². The predicted octanol–water partition coefficient (Wildman–Crippen LogP) is 14.6. The minimum absolute atomic E-state index is 0. The number of likely N-dealkylation sites (tertiary alicyclic amines) is 2. The van der Waals surface area contributed by atoms with Gasteiger partial charge in [0.25, 0.3) is 0 Å². The van der Waals surface area contributed by atoms with Crippen LogP contribution in [0, 0.1) is 0 Å². The van der Waals surface area contributed by atoms with Gasteiger partial charge in [-0.15, -0.1) is 0 Å². The fourth-order valence-electron chi connectivity index (χ4n) is 9.87. The standard InChI is InChI=1S/C29H31BrClF3N4O2.C21H27BrN4O2.C8H5BrClF3.CH4.Na.H/c1-4-24-14-25(26(12-19-8-6-5-7-9-19)38(24)28(39)40-18(2)3)37(27-35-15-22(30)16-36-27)17-20-10-21(29(32,33)34)13-23(31)11-20;1-4-17-11-18(25-20-23-12-16(22)13-24-20)19(10-15-8-6-5-7-9-15)26(17)21(27)28-14(2)3;9-4-5-1-6(8(11,12)13)3-7(10)2-5;;;/h5-11,13,15-16,18,24-26H,4,12,14,17H2,1-3H3;5-9,12-14,17-19H,4,10-11H2,1-3H3,(H,23,24,25);1-3H,4H2;1H4;;/q;;;;+1;-1/t24-,25+,26+;17-,18+,19+;;;;/m11..../s1. The molecule has 2 amide bonds. The number of ether oxygens (including phenoxy) is 2. The molecule has 24 heteroatoms. The summed E-state index contributed by atoms with van der Waals surface area (Å²) in [5.41, 5.74) is 1.55. The van der Waals surface area contributed by atoms with Crippen LogP contribution in [-0.2, 0) is 46.5 Å². The Kier molecular flexibility index (Phi) is 28.4. The summed E-state index contributed by atoms with van der Waals surface area (Å²) in [5.74, 6) is 0.911. The molecule has 12 nitrogen and oxygen atoms in total. The number of aromatic nitrogens is 4. The van der Waals surface area contributed by atoms with Crippen LogP contribution in [0.5, 0.6) is 0 Å². The van der Waals surface area contributed by atoms with E-state index in [0.29, 0.717) is 52.1 Å². The third-order valence-electron chi connectivity index (χ3n) is 13.3. The number of anilines is 2. The number of nitrogens with one attached hydrogen (secondary N) is 1. The number of carbonyl (C=O) groups is 2. The fourth-order valence-corrected chi connectivity index (χ4v) is 11.1. The minimum atomic E-state index is -4.55. The Hall–Kier alpha value is -4.22. The number of halogens is 11. The van der Waals surface area contributed by atoms with Gasteiger partial charge in [0, 0.05) is 58.8 Å². The average molecular weight is 1400 g/mol. The summed E-state index contributed by atoms with van der Waals surface area (Å²) >= 11 is 21.4. The first-order valence-corrected chi connectivity index (χ1v) is 29.7. The van der Waals surface area contributed by atoms with E-state index in [9.17, 15) is 35.9 Å². The molecule has 0 unspecified atom stereocenters. The van der Waals surface area contributed by atoms with E-state index in [4.69, 9.17) is 32.7 Å². The zero-order valence-corrected chi connectivity index (χ0v) is 54.5. The maximum Gasteiger partial charge on any atom is 1.00 e. The summed E-state index contributed by atoms with van der Waals surface area (Å²) < 4.78 is 90.3. The summed E-state index contributed by atoms with van der Waals surface area (Å²) in [6.07, 6.45) is 0.854. The van der Waals surface area contributed by atoms with Gasteiger partial charge in [0.2, 0.25) is 11.9 Å². The number of alkyl halides is 7. The van der Waals surface area contributed by atoms with Crippen molar-refractivity contribution in [2.45, 2.75) is 160 Å². The first-order chi connectivity index (χ1) is 38.4. The van der Waals surface area contributed by atoms with E-state index in [1.807, 2.05) is 79.1 Å². The molecule has 83 heavy (non-hydrogen) atoms. The van der Waals surface area contributed by atoms with Crippen LogP contribution >= 0.6 is 71.0 Å². The van der Waals surface area contributed by atoms with Crippen LogP contribution in [0.1, 0.15) is 109 Å². The summed E-state index contributed by atoms with van der Waals surface area (Å²) in [7, 11) is 0. The molecule has 0 aliphatic carbocycles. The molecular weight excluding hydrogens is 1330 g/mol. The van der Waals surface area contributed by atoms with E-state index < -0.39 is 29.6 Å². The van der Waals surface area contributed by atoms with Crippen LogP contribution in [-0.4, -0.2) is 90.4 Å². The van der Waals surface area contributed by atoms with Crippen molar-refractivity contribution < 1.29 is 76.4 Å². The largest absolute Gasteiger partial charge is 1.00 e. The number of rotatable bonds is 15. The summed E-state index contributed by atoms with van der Waals surface area (Å²) in [5, 5.41) is 3.90. The molecule has 6 atom stereocenters. The summed E-state index contributed by atoms with van der Waals surface area (Å²) in [4.78, 5) is 49.6. The monoisotopic (exact) mass is 1400 g/mol. The van der Waals surface area contributed by atoms with Crippen LogP contribution in [0.3, 0.4) is 0 Å². The van der Waals surface area contributed by atoms with Gasteiger partial charge in [-0.3, -0.25) is 9.80 Å². The first kappa shape index (κ1) is 71.3. The van der Waals surface area contributed by atoms with Gasteiger partial charge < -0.3 is 21.1 Å². The molecule has 2 aliphatic rings. The topological polar surface area (TPSA) is 126 Å². The molecule has 0 spiro atoms. The van der Waals surface area contributed by atoms with Crippen molar-refractivity contribution in [3.8, 4) is 0 Å². The molecular formula is C59H68Br3Cl2F6N8NaO4. The molecule has 446 valence electrons.